The summed E-state index contributed by atoms with van der Waals surface area (Å²) in [7, 11) is 0. The van der Waals surface area contributed by atoms with E-state index in [9.17, 15) is 9.59 Å². The summed E-state index contributed by atoms with van der Waals surface area (Å²) in [5, 5.41) is 0. The molecule has 0 aromatic carbocycles. The predicted molar refractivity (Wildman–Crippen MR) is 88.3 cm³/mol. The molecule has 0 aromatic rings. The smallest absolute Gasteiger partial charge is 0.211 e. The van der Waals surface area contributed by atoms with E-state index < -0.39 is 0 Å². The highest BCUT2D eigenvalue weighted by Crippen LogP contribution is 2.47. The first-order valence-corrected chi connectivity index (χ1v) is 8.51. The summed E-state index contributed by atoms with van der Waals surface area (Å²) in [4.78, 5) is 28.0. The van der Waals surface area contributed by atoms with Gasteiger partial charge in [-0.05, 0) is 30.1 Å². The summed E-state index contributed by atoms with van der Waals surface area (Å²) >= 11 is 0. The number of isocyanates is 2. The van der Waals surface area contributed by atoms with Crippen LogP contribution in [0.1, 0.15) is 78.6 Å². The highest BCUT2D eigenvalue weighted by atomic mass is 16.1. The molecule has 2 unspecified atom stereocenters. The van der Waals surface area contributed by atoms with Crippen LogP contribution >= 0.6 is 0 Å². The van der Waals surface area contributed by atoms with Crippen molar-refractivity contribution in [3.05, 3.63) is 0 Å². The maximum absolute atomic E-state index is 10.3. The van der Waals surface area contributed by atoms with Crippen molar-refractivity contribution in [1.82, 2.24) is 0 Å². The van der Waals surface area contributed by atoms with Crippen LogP contribution in [0, 0.1) is 10.8 Å². The highest BCUT2D eigenvalue weighted by Gasteiger charge is 2.41. The van der Waals surface area contributed by atoms with Gasteiger partial charge in [-0.15, -0.1) is 0 Å². The van der Waals surface area contributed by atoms with Crippen molar-refractivity contribution in [2.24, 2.45) is 20.8 Å². The van der Waals surface area contributed by atoms with Crippen LogP contribution in [0.15, 0.2) is 9.98 Å². The molecule has 4 nitrogen and oxygen atoms in total. The van der Waals surface area contributed by atoms with E-state index in [2.05, 4.69) is 30.8 Å². The molecule has 0 aromatic heterocycles. The van der Waals surface area contributed by atoms with Gasteiger partial charge in [0.1, 0.15) is 0 Å². The largest absolute Gasteiger partial charge is 0.235 e. The van der Waals surface area contributed by atoms with Crippen molar-refractivity contribution in [3.63, 3.8) is 0 Å². The van der Waals surface area contributed by atoms with Crippen molar-refractivity contribution in [2.45, 2.75) is 84.6 Å². The van der Waals surface area contributed by atoms with Crippen LogP contribution in [0.3, 0.4) is 0 Å². The van der Waals surface area contributed by atoms with Crippen LogP contribution in [0.4, 0.5) is 0 Å². The molecule has 0 N–H and O–H groups in total. The zero-order valence-corrected chi connectivity index (χ0v) is 14.4. The molecule has 0 amide bonds. The van der Waals surface area contributed by atoms with Crippen molar-refractivity contribution in [2.75, 3.05) is 6.54 Å². The predicted octanol–water partition coefficient (Wildman–Crippen LogP) is 4.58. The van der Waals surface area contributed by atoms with Gasteiger partial charge < -0.3 is 0 Å². The Balaban J connectivity index is 0.000000335. The van der Waals surface area contributed by atoms with Gasteiger partial charge in [-0.1, -0.05) is 59.3 Å². The third kappa shape index (κ3) is 7.15. The van der Waals surface area contributed by atoms with Gasteiger partial charge >= 0.3 is 0 Å². The first kappa shape index (κ1) is 18.8. The number of hydrogen-bond donors (Lipinski definition) is 0. The fourth-order valence-electron chi connectivity index (χ4n) is 4.15. The number of rotatable bonds is 3. The lowest BCUT2D eigenvalue weighted by Crippen LogP contribution is -2.39. The first-order chi connectivity index (χ1) is 10.4. The molecular weight excluding hydrogens is 276 g/mol. The molecule has 2 atom stereocenters. The molecule has 124 valence electrons. The quantitative estimate of drug-likeness (QED) is 0.566. The average Bonchev–Trinajstić information content (AvgIpc) is 2.46. The maximum Gasteiger partial charge on any atom is 0.235 e. The van der Waals surface area contributed by atoms with Crippen LogP contribution in [-0.2, 0) is 9.59 Å². The molecule has 2 fully saturated rings. The molecular formula is C18H30N2O2. The standard InChI is InChI=1S/C12H18N2O2.C6H12/c1-11(2)4-10(14-9-16)5-12(3,6-11)7-13-8-15;1-2-4-6-5-3-1/h10H,4-7H2,1-3H3;1-6H2. The van der Waals surface area contributed by atoms with Gasteiger partial charge in [0, 0.05) is 0 Å². The van der Waals surface area contributed by atoms with Gasteiger partial charge in [0.25, 0.3) is 0 Å². The Morgan fingerprint density at radius 2 is 1.45 bits per heavy atom. The Kier molecular flexibility index (Phi) is 7.72. The van der Waals surface area contributed by atoms with Gasteiger partial charge in [-0.2, -0.15) is 0 Å². The third-order valence-corrected chi connectivity index (χ3v) is 4.68. The fraction of sp³-hybridized carbons (Fsp3) is 0.889. The molecule has 2 saturated carbocycles. The third-order valence-electron chi connectivity index (χ3n) is 4.68. The van der Waals surface area contributed by atoms with Gasteiger partial charge in [0.15, 0.2) is 0 Å². The summed E-state index contributed by atoms with van der Waals surface area (Å²) in [6, 6.07) is 0.00750. The Morgan fingerprint density at radius 1 is 0.909 bits per heavy atom. The van der Waals surface area contributed by atoms with E-state index in [0.29, 0.717) is 6.54 Å². The summed E-state index contributed by atoms with van der Waals surface area (Å²) in [5.74, 6) is 0. The van der Waals surface area contributed by atoms with E-state index in [1.807, 2.05) is 0 Å². The van der Waals surface area contributed by atoms with E-state index in [4.69, 9.17) is 0 Å². The topological polar surface area (TPSA) is 58.9 Å². The highest BCUT2D eigenvalue weighted by molar-refractivity contribution is 5.34. The Labute approximate surface area is 134 Å². The molecule has 0 aliphatic heterocycles. The number of aliphatic imine (C=N–C) groups is 2. The lowest BCUT2D eigenvalue weighted by atomic mass is 9.63. The van der Waals surface area contributed by atoms with Gasteiger partial charge in [0.2, 0.25) is 12.2 Å². The van der Waals surface area contributed by atoms with E-state index in [1.165, 1.54) is 38.5 Å². The monoisotopic (exact) mass is 306 g/mol. The van der Waals surface area contributed by atoms with Gasteiger partial charge in [-0.25, -0.2) is 19.6 Å². The average molecular weight is 306 g/mol. The second-order valence-electron chi connectivity index (χ2n) is 7.96. The van der Waals surface area contributed by atoms with Crippen LogP contribution in [0.25, 0.3) is 0 Å². The molecule has 2 rings (SSSR count). The van der Waals surface area contributed by atoms with E-state index >= 15 is 0 Å². The first-order valence-electron chi connectivity index (χ1n) is 8.51. The number of hydrogen-bond acceptors (Lipinski definition) is 4. The molecule has 2 aliphatic rings. The normalized spacial score (nSPS) is 30.0. The SMILES string of the molecule is C1CCCCC1.CC1(C)CC(N=C=O)CC(C)(CN=C=O)C1. The van der Waals surface area contributed by atoms with E-state index in [0.717, 1.165) is 19.3 Å². The summed E-state index contributed by atoms with van der Waals surface area (Å²) in [6.07, 6.45) is 14.9. The lowest BCUT2D eigenvalue weighted by molar-refractivity contribution is 0.0915. The zero-order chi connectivity index (χ0) is 16.5. The molecule has 0 bridgehead atoms. The van der Waals surface area contributed by atoms with Crippen LogP contribution < -0.4 is 0 Å². The molecule has 0 spiro atoms. The van der Waals surface area contributed by atoms with Crippen molar-refractivity contribution >= 4 is 12.2 Å². The van der Waals surface area contributed by atoms with E-state index in [-0.39, 0.29) is 16.9 Å². The summed E-state index contributed by atoms with van der Waals surface area (Å²) in [5.41, 5.74) is 0.0561. The minimum atomic E-state index is -0.0653. The van der Waals surface area contributed by atoms with Gasteiger partial charge in [0.05, 0.1) is 12.6 Å². The molecule has 2 aliphatic carbocycles. The second-order valence-corrected chi connectivity index (χ2v) is 7.96. The second kappa shape index (κ2) is 9.02. The minimum absolute atomic E-state index is 0.00750. The van der Waals surface area contributed by atoms with Gasteiger partial charge in [-0.3, -0.25) is 0 Å². The van der Waals surface area contributed by atoms with Crippen LogP contribution in [-0.4, -0.2) is 24.7 Å². The molecule has 4 heteroatoms. The van der Waals surface area contributed by atoms with Crippen LogP contribution in [0.5, 0.6) is 0 Å². The summed E-state index contributed by atoms with van der Waals surface area (Å²) in [6.45, 7) is 6.86. The summed E-state index contributed by atoms with van der Waals surface area (Å²) < 4.78 is 0. The molecule has 0 heterocycles. The van der Waals surface area contributed by atoms with Crippen LogP contribution in [0.2, 0.25) is 0 Å². The minimum Gasteiger partial charge on any atom is -0.211 e. The lowest BCUT2D eigenvalue weighted by Gasteiger charge is -2.44. The molecule has 0 saturated heterocycles. The van der Waals surface area contributed by atoms with Crippen molar-refractivity contribution < 1.29 is 9.59 Å². The molecule has 0 radical (unpaired) electrons. The van der Waals surface area contributed by atoms with E-state index in [1.54, 1.807) is 12.2 Å². The Bertz CT molecular complexity index is 419. The Hall–Kier alpha value is -1.24. The number of carbonyl (C=O) groups excluding carboxylic acids is 2. The fourth-order valence-corrected chi connectivity index (χ4v) is 4.15. The van der Waals surface area contributed by atoms with Crippen molar-refractivity contribution in [1.29, 1.82) is 0 Å². The maximum atomic E-state index is 10.3. The molecule has 22 heavy (non-hydrogen) atoms. The number of nitrogens with zero attached hydrogens (tertiary/aromatic N) is 2. The zero-order valence-electron chi connectivity index (χ0n) is 14.4. The van der Waals surface area contributed by atoms with Crippen molar-refractivity contribution in [3.8, 4) is 0 Å². The Morgan fingerprint density at radius 3 is 1.91 bits per heavy atom.